The summed E-state index contributed by atoms with van der Waals surface area (Å²) in [5.74, 6) is -1.28. The van der Waals surface area contributed by atoms with Crippen LogP contribution in [0.15, 0.2) is 15.7 Å². The quantitative estimate of drug-likeness (QED) is 0.748. The molecule has 1 atom stereocenters. The Morgan fingerprint density at radius 3 is 2.67 bits per heavy atom. The van der Waals surface area contributed by atoms with Gasteiger partial charge in [-0.15, -0.1) is 0 Å². The molecule has 0 radical (unpaired) electrons. The standard InChI is InChI=1S/C9H12N2O4/c1-3-5(2)11-6(8(13)14)4-7(12)10-9(11)15/h4-5H,3H2,1-2H3,(H,13,14)(H,10,12,15). The lowest BCUT2D eigenvalue weighted by molar-refractivity contribution is 0.0680. The molecule has 1 heterocycles. The number of aromatic carboxylic acids is 1. The minimum Gasteiger partial charge on any atom is -0.477 e. The zero-order valence-corrected chi connectivity index (χ0v) is 8.48. The molecule has 6 heteroatoms. The third kappa shape index (κ3) is 2.15. The van der Waals surface area contributed by atoms with Crippen molar-refractivity contribution in [1.29, 1.82) is 0 Å². The smallest absolute Gasteiger partial charge is 0.352 e. The molecule has 1 aromatic rings. The number of hydrogen-bond donors (Lipinski definition) is 2. The van der Waals surface area contributed by atoms with Crippen LogP contribution in [0.4, 0.5) is 0 Å². The predicted octanol–water partition coefficient (Wildman–Crippen LogP) is 0.206. The number of H-pyrrole nitrogens is 1. The molecule has 0 amide bonds. The summed E-state index contributed by atoms with van der Waals surface area (Å²) in [7, 11) is 0. The van der Waals surface area contributed by atoms with E-state index in [2.05, 4.69) is 0 Å². The van der Waals surface area contributed by atoms with E-state index in [-0.39, 0.29) is 11.7 Å². The zero-order chi connectivity index (χ0) is 11.6. The summed E-state index contributed by atoms with van der Waals surface area (Å²) >= 11 is 0. The maximum Gasteiger partial charge on any atom is 0.352 e. The van der Waals surface area contributed by atoms with Gasteiger partial charge in [0, 0.05) is 12.1 Å². The van der Waals surface area contributed by atoms with Crippen LogP contribution < -0.4 is 11.2 Å². The average Bonchev–Trinajstić information content (AvgIpc) is 2.15. The SMILES string of the molecule is CCC(C)n1c(C(=O)O)cc(=O)[nH]c1=O. The fourth-order valence-electron chi connectivity index (χ4n) is 1.29. The number of nitrogens with one attached hydrogen (secondary N) is 1. The van der Waals surface area contributed by atoms with Crippen molar-refractivity contribution in [3.63, 3.8) is 0 Å². The number of carboxylic acid groups (broad SMARTS) is 1. The molecule has 6 nitrogen and oxygen atoms in total. The molecule has 0 aliphatic rings. The van der Waals surface area contributed by atoms with Crippen molar-refractivity contribution in [3.8, 4) is 0 Å². The minimum absolute atomic E-state index is 0.263. The van der Waals surface area contributed by atoms with Gasteiger partial charge in [0.1, 0.15) is 5.69 Å². The first-order valence-electron chi connectivity index (χ1n) is 4.56. The molecule has 0 fully saturated rings. The summed E-state index contributed by atoms with van der Waals surface area (Å²) in [6, 6.07) is 0.649. The molecule has 82 valence electrons. The Hall–Kier alpha value is -1.85. The van der Waals surface area contributed by atoms with Crippen LogP contribution in [0.25, 0.3) is 0 Å². The van der Waals surface area contributed by atoms with E-state index >= 15 is 0 Å². The van der Waals surface area contributed by atoms with E-state index in [1.807, 2.05) is 11.9 Å². The van der Waals surface area contributed by atoms with Gasteiger partial charge in [-0.1, -0.05) is 6.92 Å². The number of nitrogens with zero attached hydrogens (tertiary/aromatic N) is 1. The van der Waals surface area contributed by atoms with Crippen LogP contribution in [0, 0.1) is 0 Å². The first-order chi connectivity index (χ1) is 6.97. The average molecular weight is 212 g/mol. The predicted molar refractivity (Wildman–Crippen MR) is 53.3 cm³/mol. The monoisotopic (exact) mass is 212 g/mol. The Kier molecular flexibility index (Phi) is 3.08. The molecular formula is C9H12N2O4. The summed E-state index contributed by atoms with van der Waals surface area (Å²) in [5, 5.41) is 8.85. The van der Waals surface area contributed by atoms with Gasteiger partial charge in [-0.3, -0.25) is 14.3 Å². The maximum atomic E-state index is 11.4. The van der Waals surface area contributed by atoms with Crippen LogP contribution in [-0.2, 0) is 0 Å². The number of rotatable bonds is 3. The second kappa shape index (κ2) is 4.12. The molecule has 1 aromatic heterocycles. The van der Waals surface area contributed by atoms with Crippen molar-refractivity contribution in [1.82, 2.24) is 9.55 Å². The van der Waals surface area contributed by atoms with Crippen LogP contribution in [-0.4, -0.2) is 20.6 Å². The van der Waals surface area contributed by atoms with Crippen LogP contribution >= 0.6 is 0 Å². The molecule has 1 unspecified atom stereocenters. The molecule has 2 N–H and O–H groups in total. The normalized spacial score (nSPS) is 12.4. The maximum absolute atomic E-state index is 11.4. The summed E-state index contributed by atoms with van der Waals surface area (Å²) in [6.07, 6.45) is 0.603. The van der Waals surface area contributed by atoms with Gasteiger partial charge in [-0.05, 0) is 13.3 Å². The van der Waals surface area contributed by atoms with Crippen LogP contribution in [0.1, 0.15) is 36.8 Å². The number of aromatic amines is 1. The van der Waals surface area contributed by atoms with Gasteiger partial charge in [0.15, 0.2) is 0 Å². The van der Waals surface area contributed by atoms with Crippen molar-refractivity contribution in [2.24, 2.45) is 0 Å². The number of carbonyl (C=O) groups is 1. The van der Waals surface area contributed by atoms with Crippen LogP contribution in [0.5, 0.6) is 0 Å². The lowest BCUT2D eigenvalue weighted by atomic mass is 10.2. The lowest BCUT2D eigenvalue weighted by Gasteiger charge is -2.14. The molecule has 0 saturated heterocycles. The van der Waals surface area contributed by atoms with Crippen molar-refractivity contribution in [2.45, 2.75) is 26.3 Å². The van der Waals surface area contributed by atoms with Gasteiger partial charge in [0.25, 0.3) is 5.56 Å². The van der Waals surface area contributed by atoms with Gasteiger partial charge in [0.05, 0.1) is 0 Å². The fraction of sp³-hybridized carbons (Fsp3) is 0.444. The van der Waals surface area contributed by atoms with Crippen molar-refractivity contribution in [2.75, 3.05) is 0 Å². The lowest BCUT2D eigenvalue weighted by Crippen LogP contribution is -2.35. The highest BCUT2D eigenvalue weighted by molar-refractivity contribution is 5.85. The van der Waals surface area contributed by atoms with Crippen molar-refractivity contribution in [3.05, 3.63) is 32.6 Å². The molecule has 0 saturated carbocycles. The third-order valence-electron chi connectivity index (χ3n) is 2.23. The molecule has 0 aromatic carbocycles. The molecule has 1 rings (SSSR count). The Balaban J connectivity index is 3.54. The molecule has 0 spiro atoms. The topological polar surface area (TPSA) is 92.2 Å². The van der Waals surface area contributed by atoms with Crippen molar-refractivity contribution < 1.29 is 9.90 Å². The molecule has 0 aliphatic heterocycles. The fourth-order valence-corrected chi connectivity index (χ4v) is 1.29. The Bertz CT molecular complexity index is 486. The number of carboxylic acids is 1. The van der Waals surface area contributed by atoms with E-state index < -0.39 is 17.2 Å². The van der Waals surface area contributed by atoms with Gasteiger partial charge >= 0.3 is 11.7 Å². The van der Waals surface area contributed by atoms with Gasteiger partial charge < -0.3 is 5.11 Å². The molecule has 15 heavy (non-hydrogen) atoms. The van der Waals surface area contributed by atoms with Crippen molar-refractivity contribution >= 4 is 5.97 Å². The Morgan fingerprint density at radius 1 is 1.60 bits per heavy atom. The summed E-state index contributed by atoms with van der Waals surface area (Å²) in [6.45, 7) is 3.54. The summed E-state index contributed by atoms with van der Waals surface area (Å²) < 4.78 is 1.07. The largest absolute Gasteiger partial charge is 0.477 e. The number of hydrogen-bond acceptors (Lipinski definition) is 3. The van der Waals surface area contributed by atoms with E-state index in [4.69, 9.17) is 5.11 Å². The van der Waals surface area contributed by atoms with Crippen LogP contribution in [0.2, 0.25) is 0 Å². The molecular weight excluding hydrogens is 200 g/mol. The number of aromatic nitrogens is 2. The third-order valence-corrected chi connectivity index (χ3v) is 2.23. The highest BCUT2D eigenvalue weighted by atomic mass is 16.4. The van der Waals surface area contributed by atoms with Crippen LogP contribution in [0.3, 0.4) is 0 Å². The highest BCUT2D eigenvalue weighted by Crippen LogP contribution is 2.08. The van der Waals surface area contributed by atoms with Gasteiger partial charge in [0.2, 0.25) is 0 Å². The summed E-state index contributed by atoms with van der Waals surface area (Å²) in [5.41, 5.74) is -1.66. The van der Waals surface area contributed by atoms with E-state index in [0.29, 0.717) is 6.42 Å². The molecule has 0 aliphatic carbocycles. The first kappa shape index (κ1) is 11.2. The van der Waals surface area contributed by atoms with Gasteiger partial charge in [-0.25, -0.2) is 9.59 Å². The first-order valence-corrected chi connectivity index (χ1v) is 4.56. The Morgan fingerprint density at radius 2 is 2.20 bits per heavy atom. The van der Waals surface area contributed by atoms with E-state index in [1.165, 1.54) is 0 Å². The Labute approximate surface area is 85.2 Å². The zero-order valence-electron chi connectivity index (χ0n) is 8.48. The second-order valence-corrected chi connectivity index (χ2v) is 3.26. The van der Waals surface area contributed by atoms with E-state index in [9.17, 15) is 14.4 Å². The molecule has 0 bridgehead atoms. The van der Waals surface area contributed by atoms with E-state index in [0.717, 1.165) is 10.6 Å². The second-order valence-electron chi connectivity index (χ2n) is 3.26. The van der Waals surface area contributed by atoms with Gasteiger partial charge in [-0.2, -0.15) is 0 Å². The minimum atomic E-state index is -1.28. The summed E-state index contributed by atoms with van der Waals surface area (Å²) in [4.78, 5) is 35.2. The highest BCUT2D eigenvalue weighted by Gasteiger charge is 2.16. The van der Waals surface area contributed by atoms with E-state index in [1.54, 1.807) is 6.92 Å².